The topological polar surface area (TPSA) is 51.0 Å². The zero-order chi connectivity index (χ0) is 11.2. The van der Waals surface area contributed by atoms with Gasteiger partial charge in [-0.15, -0.1) is 10.2 Å². The molecule has 0 atom stereocenters. The monoisotopic (exact) mass is 241 g/mol. The lowest BCUT2D eigenvalue weighted by Crippen LogP contribution is -2.17. The van der Waals surface area contributed by atoms with E-state index >= 15 is 0 Å². The van der Waals surface area contributed by atoms with Crippen LogP contribution in [0, 0.1) is 0 Å². The number of nitrogens with one attached hydrogen (secondary N) is 1. The van der Waals surface area contributed by atoms with Crippen molar-refractivity contribution in [3.05, 3.63) is 11.8 Å². The summed E-state index contributed by atoms with van der Waals surface area (Å²) in [5.41, 5.74) is 0. The highest BCUT2D eigenvalue weighted by atomic mass is 32.2. The summed E-state index contributed by atoms with van der Waals surface area (Å²) in [5.74, 6) is 2.61. The number of nitrogens with zero attached hydrogens (tertiary/aromatic N) is 2. The third-order valence-electron chi connectivity index (χ3n) is 2.61. The molecule has 0 amide bonds. The van der Waals surface area contributed by atoms with Gasteiger partial charge in [0.15, 0.2) is 0 Å². The first-order valence-electron chi connectivity index (χ1n) is 5.92. The number of hydrogen-bond acceptors (Lipinski definition) is 5. The van der Waals surface area contributed by atoms with Crippen molar-refractivity contribution >= 4 is 11.8 Å². The molecule has 1 aromatic rings. The van der Waals surface area contributed by atoms with E-state index in [-0.39, 0.29) is 0 Å². The summed E-state index contributed by atoms with van der Waals surface area (Å²) in [7, 11) is 0. The van der Waals surface area contributed by atoms with E-state index in [0.29, 0.717) is 0 Å². The molecule has 16 heavy (non-hydrogen) atoms. The maximum atomic E-state index is 5.55. The Morgan fingerprint density at radius 3 is 2.75 bits per heavy atom. The van der Waals surface area contributed by atoms with E-state index in [1.807, 2.05) is 0 Å². The van der Waals surface area contributed by atoms with Crippen LogP contribution in [0.25, 0.3) is 0 Å². The van der Waals surface area contributed by atoms with Crippen molar-refractivity contribution in [2.45, 2.75) is 38.1 Å². The van der Waals surface area contributed by atoms with Crippen molar-refractivity contribution in [3.63, 3.8) is 0 Å². The first-order valence-corrected chi connectivity index (χ1v) is 7.31. The van der Waals surface area contributed by atoms with Crippen LogP contribution < -0.4 is 5.32 Å². The number of aromatic nitrogens is 2. The Morgan fingerprint density at radius 1 is 1.31 bits per heavy atom. The zero-order valence-corrected chi connectivity index (χ0v) is 10.6. The smallest absolute Gasteiger partial charge is 0.217 e. The van der Waals surface area contributed by atoms with Crippen molar-refractivity contribution in [2.24, 2.45) is 0 Å². The number of rotatable bonds is 8. The van der Waals surface area contributed by atoms with Crippen molar-refractivity contribution in [1.82, 2.24) is 15.5 Å². The van der Waals surface area contributed by atoms with Gasteiger partial charge in [-0.3, -0.25) is 0 Å². The van der Waals surface area contributed by atoms with Crippen LogP contribution in [0.15, 0.2) is 4.42 Å². The number of thioether (sulfide) groups is 1. The second-order valence-electron chi connectivity index (χ2n) is 4.16. The van der Waals surface area contributed by atoms with Crippen molar-refractivity contribution in [3.8, 4) is 0 Å². The fourth-order valence-electron chi connectivity index (χ4n) is 1.51. The third kappa shape index (κ3) is 4.14. The van der Waals surface area contributed by atoms with E-state index in [1.165, 1.54) is 12.8 Å². The van der Waals surface area contributed by atoms with Crippen molar-refractivity contribution in [2.75, 3.05) is 18.6 Å². The van der Waals surface area contributed by atoms with E-state index in [1.54, 1.807) is 11.8 Å². The lowest BCUT2D eigenvalue weighted by atomic mass is 10.3. The van der Waals surface area contributed by atoms with E-state index in [9.17, 15) is 0 Å². The zero-order valence-electron chi connectivity index (χ0n) is 9.74. The molecule has 1 aliphatic rings. The molecular weight excluding hydrogens is 222 g/mol. The standard InChI is InChI=1S/C11H19N3OS/c1-16-8-6-11-14-13-10(15-11)3-2-7-12-9-4-5-9/h9,12H,2-8H2,1H3. The van der Waals surface area contributed by atoms with E-state index in [0.717, 1.165) is 49.4 Å². The van der Waals surface area contributed by atoms with Gasteiger partial charge in [0, 0.05) is 24.6 Å². The summed E-state index contributed by atoms with van der Waals surface area (Å²) >= 11 is 1.80. The molecule has 0 saturated heterocycles. The van der Waals surface area contributed by atoms with E-state index < -0.39 is 0 Å². The predicted octanol–water partition coefficient (Wildman–Crippen LogP) is 1.66. The normalized spacial score (nSPS) is 15.6. The number of hydrogen-bond donors (Lipinski definition) is 1. The Hall–Kier alpha value is -0.550. The van der Waals surface area contributed by atoms with E-state index in [4.69, 9.17) is 4.42 Å². The molecule has 0 aromatic carbocycles. The van der Waals surface area contributed by atoms with Gasteiger partial charge in [0.25, 0.3) is 0 Å². The summed E-state index contributed by atoms with van der Waals surface area (Å²) < 4.78 is 5.55. The molecule has 1 saturated carbocycles. The Bertz CT molecular complexity index is 312. The molecule has 4 nitrogen and oxygen atoms in total. The summed E-state index contributed by atoms with van der Waals surface area (Å²) in [6, 6.07) is 0.792. The molecule has 5 heteroatoms. The molecule has 0 unspecified atom stereocenters. The van der Waals surface area contributed by atoms with Crippen molar-refractivity contribution < 1.29 is 4.42 Å². The lowest BCUT2D eigenvalue weighted by Gasteiger charge is -1.99. The minimum Gasteiger partial charge on any atom is -0.425 e. The maximum Gasteiger partial charge on any atom is 0.217 e. The van der Waals surface area contributed by atoms with Crippen LogP contribution >= 0.6 is 11.8 Å². The van der Waals surface area contributed by atoms with E-state index in [2.05, 4.69) is 21.8 Å². The van der Waals surface area contributed by atoms with Gasteiger partial charge in [-0.05, 0) is 32.1 Å². The molecule has 1 fully saturated rings. The molecule has 1 aliphatic carbocycles. The molecule has 0 aliphatic heterocycles. The minimum absolute atomic E-state index is 0.777. The molecule has 1 aromatic heterocycles. The minimum atomic E-state index is 0.777. The van der Waals surface area contributed by atoms with Crippen molar-refractivity contribution in [1.29, 1.82) is 0 Å². The highest BCUT2D eigenvalue weighted by molar-refractivity contribution is 7.98. The fourth-order valence-corrected chi connectivity index (χ4v) is 1.89. The average molecular weight is 241 g/mol. The molecule has 0 radical (unpaired) electrons. The Morgan fingerprint density at radius 2 is 2.06 bits per heavy atom. The highest BCUT2D eigenvalue weighted by Crippen LogP contribution is 2.18. The lowest BCUT2D eigenvalue weighted by molar-refractivity contribution is 0.446. The van der Waals surface area contributed by atoms with Crippen LogP contribution in [0.2, 0.25) is 0 Å². The van der Waals surface area contributed by atoms with Gasteiger partial charge in [0.05, 0.1) is 0 Å². The molecule has 1 N–H and O–H groups in total. The third-order valence-corrected chi connectivity index (χ3v) is 3.22. The van der Waals surface area contributed by atoms with Gasteiger partial charge < -0.3 is 9.73 Å². The molecule has 0 bridgehead atoms. The Kier molecular flexibility index (Phi) is 4.66. The van der Waals surface area contributed by atoms with Gasteiger partial charge in [0.2, 0.25) is 11.8 Å². The fraction of sp³-hybridized carbons (Fsp3) is 0.818. The predicted molar refractivity (Wildman–Crippen MR) is 65.7 cm³/mol. The first kappa shape index (κ1) is 11.9. The molecule has 0 spiro atoms. The molecule has 1 heterocycles. The Balaban J connectivity index is 1.61. The van der Waals surface area contributed by atoms with Gasteiger partial charge in [0.1, 0.15) is 0 Å². The van der Waals surface area contributed by atoms with Gasteiger partial charge >= 0.3 is 0 Å². The quantitative estimate of drug-likeness (QED) is 0.701. The summed E-state index contributed by atoms with van der Waals surface area (Å²) in [5, 5.41) is 11.6. The van der Waals surface area contributed by atoms with Crippen LogP contribution in [0.5, 0.6) is 0 Å². The number of aryl methyl sites for hydroxylation is 2. The van der Waals surface area contributed by atoms with Crippen LogP contribution in [0.4, 0.5) is 0 Å². The Labute approximate surface area is 101 Å². The maximum absolute atomic E-state index is 5.55. The van der Waals surface area contributed by atoms with Crippen LogP contribution in [0.1, 0.15) is 31.0 Å². The molecule has 2 rings (SSSR count). The molecule has 90 valence electrons. The largest absolute Gasteiger partial charge is 0.425 e. The highest BCUT2D eigenvalue weighted by Gasteiger charge is 2.19. The molecular formula is C11H19N3OS. The second-order valence-corrected chi connectivity index (χ2v) is 5.15. The summed E-state index contributed by atoms with van der Waals surface area (Å²) in [6.07, 6.45) is 7.64. The summed E-state index contributed by atoms with van der Waals surface area (Å²) in [4.78, 5) is 0. The second kappa shape index (κ2) is 6.25. The van der Waals surface area contributed by atoms with Gasteiger partial charge in [-0.1, -0.05) is 0 Å². The van der Waals surface area contributed by atoms with Crippen LogP contribution in [-0.2, 0) is 12.8 Å². The summed E-state index contributed by atoms with van der Waals surface area (Å²) in [6.45, 7) is 1.06. The van der Waals surface area contributed by atoms with Gasteiger partial charge in [-0.2, -0.15) is 11.8 Å². The SMILES string of the molecule is CSCCc1nnc(CCCNC2CC2)o1. The van der Waals surface area contributed by atoms with Gasteiger partial charge in [-0.25, -0.2) is 0 Å². The average Bonchev–Trinajstić information content (AvgIpc) is 3.01. The first-order chi connectivity index (χ1) is 7.88. The van der Waals surface area contributed by atoms with Crippen LogP contribution in [-0.4, -0.2) is 34.8 Å². The van der Waals surface area contributed by atoms with Crippen LogP contribution in [0.3, 0.4) is 0 Å².